The second kappa shape index (κ2) is 6.48. The maximum atomic E-state index is 2.47. The van der Waals surface area contributed by atoms with E-state index in [1.54, 1.807) is 6.42 Å². The van der Waals surface area contributed by atoms with E-state index in [2.05, 4.69) is 20.8 Å². The Labute approximate surface area is 90.5 Å². The zero-order valence-corrected chi connectivity index (χ0v) is 10.4. The van der Waals surface area contributed by atoms with Crippen molar-refractivity contribution >= 4 is 0 Å². The van der Waals surface area contributed by atoms with Crippen LogP contribution in [0.4, 0.5) is 0 Å². The summed E-state index contributed by atoms with van der Waals surface area (Å²) in [5.41, 5.74) is 0. The molecule has 3 atom stereocenters. The first-order valence-corrected chi connectivity index (χ1v) is 6.77. The lowest BCUT2D eigenvalue weighted by Gasteiger charge is -2.12. The van der Waals surface area contributed by atoms with Crippen LogP contribution in [-0.2, 0) is 0 Å². The molecule has 0 amide bonds. The molecule has 0 nitrogen and oxygen atoms in total. The summed E-state index contributed by atoms with van der Waals surface area (Å²) in [4.78, 5) is 0. The van der Waals surface area contributed by atoms with Crippen LogP contribution in [0.25, 0.3) is 0 Å². The molecule has 0 heteroatoms. The SMILES string of the molecule is CCCCCC1CC(C)C(CCC)C1. The Morgan fingerprint density at radius 2 is 1.71 bits per heavy atom. The van der Waals surface area contributed by atoms with Crippen molar-refractivity contribution in [2.75, 3.05) is 0 Å². The molecular weight excluding hydrogens is 168 g/mol. The van der Waals surface area contributed by atoms with Gasteiger partial charge in [-0.2, -0.15) is 0 Å². The molecule has 0 N–H and O–H groups in total. The normalized spacial score (nSPS) is 32.4. The molecular formula is C14H28. The molecule has 0 saturated heterocycles. The van der Waals surface area contributed by atoms with Crippen molar-refractivity contribution in [2.45, 2.75) is 72.1 Å². The second-order valence-corrected chi connectivity index (χ2v) is 5.36. The molecule has 0 bridgehead atoms. The van der Waals surface area contributed by atoms with Gasteiger partial charge in [0.2, 0.25) is 0 Å². The lowest BCUT2D eigenvalue weighted by molar-refractivity contribution is 0.385. The Morgan fingerprint density at radius 3 is 2.36 bits per heavy atom. The van der Waals surface area contributed by atoms with Crippen molar-refractivity contribution in [1.29, 1.82) is 0 Å². The van der Waals surface area contributed by atoms with Crippen molar-refractivity contribution in [3.63, 3.8) is 0 Å². The first-order chi connectivity index (χ1) is 6.77. The number of hydrogen-bond donors (Lipinski definition) is 0. The number of hydrogen-bond acceptors (Lipinski definition) is 0. The highest BCUT2D eigenvalue weighted by Crippen LogP contribution is 2.40. The van der Waals surface area contributed by atoms with Crippen LogP contribution in [-0.4, -0.2) is 0 Å². The Balaban J connectivity index is 2.17. The van der Waals surface area contributed by atoms with E-state index in [-0.39, 0.29) is 0 Å². The van der Waals surface area contributed by atoms with Gasteiger partial charge in [-0.05, 0) is 30.6 Å². The van der Waals surface area contributed by atoms with Crippen LogP contribution in [0.3, 0.4) is 0 Å². The van der Waals surface area contributed by atoms with E-state index in [0.717, 1.165) is 17.8 Å². The zero-order chi connectivity index (χ0) is 10.4. The molecule has 0 heterocycles. The van der Waals surface area contributed by atoms with E-state index in [1.807, 2.05) is 0 Å². The van der Waals surface area contributed by atoms with Gasteiger partial charge in [-0.1, -0.05) is 59.3 Å². The molecule has 0 aromatic rings. The quantitative estimate of drug-likeness (QED) is 0.523. The van der Waals surface area contributed by atoms with Gasteiger partial charge in [0.15, 0.2) is 0 Å². The van der Waals surface area contributed by atoms with Crippen LogP contribution in [0.15, 0.2) is 0 Å². The van der Waals surface area contributed by atoms with Crippen LogP contribution in [0.2, 0.25) is 0 Å². The first-order valence-electron chi connectivity index (χ1n) is 6.77. The predicted octanol–water partition coefficient (Wildman–Crippen LogP) is 5.03. The monoisotopic (exact) mass is 196 g/mol. The van der Waals surface area contributed by atoms with Crippen LogP contribution in [0, 0.1) is 17.8 Å². The molecule has 3 unspecified atom stereocenters. The fourth-order valence-electron chi connectivity index (χ4n) is 3.17. The van der Waals surface area contributed by atoms with Crippen LogP contribution >= 0.6 is 0 Å². The maximum Gasteiger partial charge on any atom is -0.0386 e. The summed E-state index contributed by atoms with van der Waals surface area (Å²) < 4.78 is 0. The van der Waals surface area contributed by atoms with E-state index in [9.17, 15) is 0 Å². The third kappa shape index (κ3) is 3.63. The third-order valence-electron chi connectivity index (χ3n) is 4.02. The Kier molecular flexibility index (Phi) is 5.59. The van der Waals surface area contributed by atoms with Gasteiger partial charge in [-0.3, -0.25) is 0 Å². The first kappa shape index (κ1) is 12.1. The predicted molar refractivity (Wildman–Crippen MR) is 64.4 cm³/mol. The van der Waals surface area contributed by atoms with Gasteiger partial charge >= 0.3 is 0 Å². The van der Waals surface area contributed by atoms with E-state index < -0.39 is 0 Å². The van der Waals surface area contributed by atoms with E-state index in [4.69, 9.17) is 0 Å². The summed E-state index contributed by atoms with van der Waals surface area (Å²) in [6, 6.07) is 0. The Morgan fingerprint density at radius 1 is 0.929 bits per heavy atom. The highest BCUT2D eigenvalue weighted by Gasteiger charge is 2.29. The fourth-order valence-corrected chi connectivity index (χ4v) is 3.17. The minimum absolute atomic E-state index is 1.02. The van der Waals surface area contributed by atoms with Crippen LogP contribution in [0.5, 0.6) is 0 Å². The molecule has 0 aromatic carbocycles. The summed E-state index contributed by atoms with van der Waals surface area (Å²) in [6.45, 7) is 7.11. The van der Waals surface area contributed by atoms with Gasteiger partial charge in [0.1, 0.15) is 0 Å². The average molecular weight is 196 g/mol. The van der Waals surface area contributed by atoms with Crippen molar-refractivity contribution in [1.82, 2.24) is 0 Å². The summed E-state index contributed by atoms with van der Waals surface area (Å²) in [6.07, 6.45) is 11.7. The van der Waals surface area contributed by atoms with Gasteiger partial charge in [0.05, 0.1) is 0 Å². The highest BCUT2D eigenvalue weighted by molar-refractivity contribution is 4.80. The van der Waals surface area contributed by atoms with Crippen molar-refractivity contribution in [3.05, 3.63) is 0 Å². The van der Waals surface area contributed by atoms with E-state index in [1.165, 1.54) is 44.9 Å². The highest BCUT2D eigenvalue weighted by atomic mass is 14.3. The van der Waals surface area contributed by atoms with Gasteiger partial charge in [0.25, 0.3) is 0 Å². The zero-order valence-electron chi connectivity index (χ0n) is 10.4. The summed E-state index contributed by atoms with van der Waals surface area (Å²) in [5.74, 6) is 3.15. The minimum atomic E-state index is 1.02. The number of unbranched alkanes of at least 4 members (excludes halogenated alkanes) is 2. The molecule has 1 rings (SSSR count). The Bertz CT molecular complexity index is 139. The summed E-state index contributed by atoms with van der Waals surface area (Å²) in [5, 5.41) is 0. The molecule has 0 radical (unpaired) electrons. The molecule has 1 fully saturated rings. The number of rotatable bonds is 6. The van der Waals surface area contributed by atoms with Crippen molar-refractivity contribution in [3.8, 4) is 0 Å². The van der Waals surface area contributed by atoms with Gasteiger partial charge in [-0.15, -0.1) is 0 Å². The standard InChI is InChI=1S/C14H28/c1-4-6-7-9-13-10-12(3)14(11-13)8-5-2/h12-14H,4-11H2,1-3H3. The van der Waals surface area contributed by atoms with Gasteiger partial charge in [-0.25, -0.2) is 0 Å². The molecule has 0 spiro atoms. The van der Waals surface area contributed by atoms with Gasteiger partial charge < -0.3 is 0 Å². The van der Waals surface area contributed by atoms with E-state index >= 15 is 0 Å². The molecule has 1 saturated carbocycles. The average Bonchev–Trinajstić information content (AvgIpc) is 2.49. The van der Waals surface area contributed by atoms with E-state index in [0.29, 0.717) is 0 Å². The summed E-state index contributed by atoms with van der Waals surface area (Å²) >= 11 is 0. The van der Waals surface area contributed by atoms with Crippen molar-refractivity contribution in [2.24, 2.45) is 17.8 Å². The minimum Gasteiger partial charge on any atom is -0.0654 e. The molecule has 1 aliphatic carbocycles. The van der Waals surface area contributed by atoms with Gasteiger partial charge in [0, 0.05) is 0 Å². The molecule has 1 aliphatic rings. The summed E-state index contributed by atoms with van der Waals surface area (Å²) in [7, 11) is 0. The smallest absolute Gasteiger partial charge is 0.0386 e. The lowest BCUT2D eigenvalue weighted by Crippen LogP contribution is -2.02. The molecule has 0 aromatic heterocycles. The van der Waals surface area contributed by atoms with Crippen LogP contribution in [0.1, 0.15) is 72.1 Å². The maximum absolute atomic E-state index is 2.47. The van der Waals surface area contributed by atoms with Crippen molar-refractivity contribution < 1.29 is 0 Å². The molecule has 84 valence electrons. The largest absolute Gasteiger partial charge is 0.0654 e. The Hall–Kier alpha value is 0. The fraction of sp³-hybridized carbons (Fsp3) is 1.00. The van der Waals surface area contributed by atoms with Crippen LogP contribution < -0.4 is 0 Å². The topological polar surface area (TPSA) is 0 Å². The lowest BCUT2D eigenvalue weighted by atomic mass is 9.93. The second-order valence-electron chi connectivity index (χ2n) is 5.36. The third-order valence-corrected chi connectivity index (χ3v) is 4.02. The molecule has 0 aliphatic heterocycles. The molecule has 14 heavy (non-hydrogen) atoms.